The van der Waals surface area contributed by atoms with Gasteiger partial charge in [-0.1, -0.05) is 19.9 Å². The van der Waals surface area contributed by atoms with E-state index in [1.54, 1.807) is 13.0 Å². The Bertz CT molecular complexity index is 1020. The Labute approximate surface area is 185 Å². The van der Waals surface area contributed by atoms with Crippen molar-refractivity contribution < 1.29 is 32.6 Å². The maximum absolute atomic E-state index is 17.0. The quantitative estimate of drug-likeness (QED) is 0.683. The van der Waals surface area contributed by atoms with Crippen molar-refractivity contribution in [1.82, 2.24) is 0 Å². The van der Waals surface area contributed by atoms with E-state index in [0.717, 1.165) is 0 Å². The normalized spacial score (nSPS) is 47.3. The van der Waals surface area contributed by atoms with Gasteiger partial charge < -0.3 is 14.3 Å². The van der Waals surface area contributed by atoms with Crippen LogP contribution in [0.5, 0.6) is 0 Å². The lowest BCUT2D eigenvalue weighted by Gasteiger charge is -2.62. The first kappa shape index (κ1) is 21.6. The minimum absolute atomic E-state index is 0.0761. The van der Waals surface area contributed by atoms with Crippen LogP contribution in [0.4, 0.5) is 8.78 Å². The van der Waals surface area contributed by atoms with Crippen molar-refractivity contribution in [2.45, 2.75) is 64.1 Å². The second-order valence-corrected chi connectivity index (χ2v) is 10.5. The van der Waals surface area contributed by atoms with Gasteiger partial charge in [0.05, 0.1) is 12.4 Å². The molecule has 5 nitrogen and oxygen atoms in total. The van der Waals surface area contributed by atoms with Crippen LogP contribution in [0.15, 0.2) is 46.6 Å². The van der Waals surface area contributed by atoms with Crippen LogP contribution in [-0.4, -0.2) is 40.9 Å². The van der Waals surface area contributed by atoms with Gasteiger partial charge in [-0.05, 0) is 67.9 Å². The predicted octanol–water partition coefficient (Wildman–Crippen LogP) is 4.37. The second kappa shape index (κ2) is 6.86. The number of rotatable bonds is 2. The molecule has 4 aliphatic rings. The van der Waals surface area contributed by atoms with Crippen LogP contribution < -0.4 is 0 Å². The molecule has 0 saturated heterocycles. The zero-order valence-corrected chi connectivity index (χ0v) is 18.4. The van der Waals surface area contributed by atoms with Crippen LogP contribution in [0.2, 0.25) is 0 Å². The van der Waals surface area contributed by atoms with Gasteiger partial charge >= 0.3 is 5.97 Å². The van der Waals surface area contributed by atoms with Gasteiger partial charge in [0, 0.05) is 16.7 Å². The van der Waals surface area contributed by atoms with E-state index in [1.165, 1.54) is 30.6 Å². The Kier molecular flexibility index (Phi) is 4.62. The molecule has 5 rings (SSSR count). The van der Waals surface area contributed by atoms with E-state index in [2.05, 4.69) is 0 Å². The van der Waals surface area contributed by atoms with Crippen molar-refractivity contribution >= 4 is 11.8 Å². The number of esters is 1. The van der Waals surface area contributed by atoms with E-state index in [-0.39, 0.29) is 41.8 Å². The van der Waals surface area contributed by atoms with E-state index in [1.807, 2.05) is 13.8 Å². The lowest BCUT2D eigenvalue weighted by atomic mass is 9.45. The van der Waals surface area contributed by atoms with Gasteiger partial charge in [-0.2, -0.15) is 0 Å². The Balaban J connectivity index is 1.53. The van der Waals surface area contributed by atoms with E-state index in [4.69, 9.17) is 9.15 Å². The molecule has 172 valence electrons. The van der Waals surface area contributed by atoms with Gasteiger partial charge in [0.2, 0.25) is 5.76 Å². The van der Waals surface area contributed by atoms with Gasteiger partial charge in [0.1, 0.15) is 12.3 Å². The molecule has 0 aliphatic heterocycles. The predicted molar refractivity (Wildman–Crippen MR) is 111 cm³/mol. The van der Waals surface area contributed by atoms with Crippen LogP contribution >= 0.6 is 0 Å². The highest BCUT2D eigenvalue weighted by atomic mass is 19.1. The summed E-state index contributed by atoms with van der Waals surface area (Å²) in [6.07, 6.45) is 2.37. The molecule has 9 atom stereocenters. The fraction of sp³-hybridized carbons (Fsp3) is 0.600. The van der Waals surface area contributed by atoms with Gasteiger partial charge in [-0.15, -0.1) is 0 Å². The summed E-state index contributed by atoms with van der Waals surface area (Å²) in [4.78, 5) is 24.5. The molecule has 0 amide bonds. The molecule has 7 heteroatoms. The number of ether oxygens (including phenoxy) is 1. The Morgan fingerprint density at radius 3 is 2.72 bits per heavy atom. The summed E-state index contributed by atoms with van der Waals surface area (Å²) in [5.41, 5.74) is -4.14. The maximum Gasteiger partial charge on any atom is 0.374 e. The summed E-state index contributed by atoms with van der Waals surface area (Å²) in [5, 5.41) is 11.3. The average molecular weight is 446 g/mol. The van der Waals surface area contributed by atoms with Crippen LogP contribution in [0, 0.1) is 28.6 Å². The molecule has 3 saturated carbocycles. The number of alkyl halides is 2. The minimum atomic E-state index is -2.12. The molecule has 0 radical (unpaired) electrons. The van der Waals surface area contributed by atoms with E-state index in [9.17, 15) is 14.7 Å². The molecule has 1 aromatic heterocycles. The summed E-state index contributed by atoms with van der Waals surface area (Å²) < 4.78 is 43.4. The molecule has 1 aromatic rings. The molecule has 1 N–H and O–H groups in total. The number of halogens is 2. The third kappa shape index (κ3) is 2.63. The van der Waals surface area contributed by atoms with Crippen LogP contribution in [0.25, 0.3) is 0 Å². The van der Waals surface area contributed by atoms with Crippen LogP contribution in [0.1, 0.15) is 50.6 Å². The fourth-order valence-corrected chi connectivity index (χ4v) is 7.35. The lowest BCUT2D eigenvalue weighted by molar-refractivity contribution is -0.207. The van der Waals surface area contributed by atoms with Crippen molar-refractivity contribution in [1.29, 1.82) is 0 Å². The number of aliphatic hydroxyl groups excluding tert-OH is 1. The fourth-order valence-electron chi connectivity index (χ4n) is 7.35. The van der Waals surface area contributed by atoms with Gasteiger partial charge in [-0.25, -0.2) is 13.6 Å². The van der Waals surface area contributed by atoms with Crippen molar-refractivity contribution in [2.24, 2.45) is 28.6 Å². The highest BCUT2D eigenvalue weighted by Gasteiger charge is 2.73. The zero-order valence-electron chi connectivity index (χ0n) is 18.4. The second-order valence-electron chi connectivity index (χ2n) is 10.5. The molecule has 0 aromatic carbocycles. The minimum Gasteiger partial charge on any atom is -0.457 e. The molecule has 0 spiro atoms. The Hall–Kier alpha value is -2.28. The first-order valence-electron chi connectivity index (χ1n) is 11.2. The van der Waals surface area contributed by atoms with Crippen molar-refractivity contribution in [3.8, 4) is 0 Å². The van der Waals surface area contributed by atoms with Gasteiger partial charge in [0.15, 0.2) is 11.5 Å². The first-order chi connectivity index (χ1) is 15.0. The SMILES string of the molecule is C[C@@H]1C[C@H]2[C@@H]3C[C@H](F)C4=CC(=O)C=C[C@]4(C)[C@@]3(F)C(O)C[C@]2(C)[C@@H]1OC(=O)c1ccco1. The summed E-state index contributed by atoms with van der Waals surface area (Å²) in [7, 11) is 0. The van der Waals surface area contributed by atoms with Crippen LogP contribution in [-0.2, 0) is 9.53 Å². The number of aliphatic hydroxyl groups is 1. The Morgan fingerprint density at radius 2 is 2.03 bits per heavy atom. The monoisotopic (exact) mass is 446 g/mol. The summed E-state index contributed by atoms with van der Waals surface area (Å²) in [5.74, 6) is -2.04. The third-order valence-electron chi connectivity index (χ3n) is 8.81. The van der Waals surface area contributed by atoms with Gasteiger partial charge in [-0.3, -0.25) is 4.79 Å². The largest absolute Gasteiger partial charge is 0.457 e. The molecule has 4 aliphatic carbocycles. The van der Waals surface area contributed by atoms with E-state index >= 15 is 8.78 Å². The number of fused-ring (bicyclic) bond motifs is 5. The van der Waals surface area contributed by atoms with E-state index in [0.29, 0.717) is 6.42 Å². The lowest BCUT2D eigenvalue weighted by Crippen LogP contribution is -2.68. The number of ketones is 1. The molecule has 3 fully saturated rings. The molecule has 32 heavy (non-hydrogen) atoms. The van der Waals surface area contributed by atoms with E-state index < -0.39 is 46.8 Å². The summed E-state index contributed by atoms with van der Waals surface area (Å²) >= 11 is 0. The standard InChI is InChI=1S/C25H28F2O5/c1-13-9-15-16-11-18(26)17-10-14(28)6-7-24(17,3)25(16,27)20(29)12-23(15,2)21(13)32-22(30)19-5-4-8-31-19/h4-8,10,13,15-16,18,20-21,29H,9,11-12H2,1-3H3/t13-,15+,16+,18+,20?,21-,23+,24+,25+/m1/s1. The number of carbonyl (C=O) groups excluding carboxylic acids is 2. The summed E-state index contributed by atoms with van der Waals surface area (Å²) in [6.45, 7) is 5.43. The third-order valence-corrected chi connectivity index (χ3v) is 8.81. The molecule has 1 heterocycles. The average Bonchev–Trinajstić information content (AvgIpc) is 3.35. The molecule has 0 bridgehead atoms. The van der Waals surface area contributed by atoms with Crippen LogP contribution in [0.3, 0.4) is 0 Å². The molecule has 1 unspecified atom stereocenters. The maximum atomic E-state index is 17.0. The van der Waals surface area contributed by atoms with Crippen molar-refractivity contribution in [3.63, 3.8) is 0 Å². The number of allylic oxidation sites excluding steroid dienone is 4. The number of furan rings is 1. The number of hydrogen-bond acceptors (Lipinski definition) is 5. The topological polar surface area (TPSA) is 76.7 Å². The Morgan fingerprint density at radius 1 is 1.28 bits per heavy atom. The number of hydrogen-bond donors (Lipinski definition) is 1. The zero-order chi connectivity index (χ0) is 23.1. The summed E-state index contributed by atoms with van der Waals surface area (Å²) in [6, 6.07) is 3.11. The van der Waals surface area contributed by atoms with Crippen molar-refractivity contribution in [3.05, 3.63) is 48.0 Å². The first-order valence-corrected chi connectivity index (χ1v) is 11.2. The van der Waals surface area contributed by atoms with Crippen molar-refractivity contribution in [2.75, 3.05) is 0 Å². The highest BCUT2D eigenvalue weighted by molar-refractivity contribution is 6.01. The number of carbonyl (C=O) groups is 2. The molecular weight excluding hydrogens is 418 g/mol. The highest BCUT2D eigenvalue weighted by Crippen LogP contribution is 2.69. The van der Waals surface area contributed by atoms with Gasteiger partial charge in [0.25, 0.3) is 0 Å². The molecular formula is C25H28F2O5. The smallest absolute Gasteiger partial charge is 0.374 e.